The molecular weight excluding hydrogens is 340 g/mol. The van der Waals surface area contributed by atoms with Crippen molar-refractivity contribution in [3.8, 4) is 17.2 Å². The van der Waals surface area contributed by atoms with Gasteiger partial charge in [-0.25, -0.2) is 0 Å². The van der Waals surface area contributed by atoms with Crippen LogP contribution < -0.4 is 9.47 Å². The molecule has 0 spiro atoms. The Bertz CT molecular complexity index is 848. The Morgan fingerprint density at radius 1 is 0.889 bits per heavy atom. The van der Waals surface area contributed by atoms with Gasteiger partial charge >= 0.3 is 0 Å². The molecule has 0 saturated heterocycles. The molecule has 0 aromatic heterocycles. The lowest BCUT2D eigenvalue weighted by Gasteiger charge is -2.17. The highest BCUT2D eigenvalue weighted by Crippen LogP contribution is 2.31. The third kappa shape index (κ3) is 4.22. The second-order valence-electron chi connectivity index (χ2n) is 6.68. The number of carbonyl (C=O) groups excluding carboxylic acids is 1. The summed E-state index contributed by atoms with van der Waals surface area (Å²) in [5.41, 5.74) is 4.46. The smallest absolute Gasteiger partial charge is 0.185 e. The number of phenols is 1. The minimum atomic E-state index is 0.0767. The van der Waals surface area contributed by atoms with Crippen molar-refractivity contribution in [2.75, 3.05) is 14.2 Å². The predicted molar refractivity (Wildman–Crippen MR) is 107 cm³/mol. The summed E-state index contributed by atoms with van der Waals surface area (Å²) in [5.74, 6) is 1.38. The molecule has 1 aliphatic rings. The van der Waals surface area contributed by atoms with Gasteiger partial charge in [-0.2, -0.15) is 0 Å². The molecule has 140 valence electrons. The number of carbonyl (C=O) groups is 1. The number of phenolic OH excluding ortho intramolecular Hbond substituents is 1. The molecule has 0 aliphatic heterocycles. The van der Waals surface area contributed by atoms with E-state index in [0.717, 1.165) is 52.8 Å². The normalized spacial score (nSPS) is 17.4. The van der Waals surface area contributed by atoms with E-state index >= 15 is 0 Å². The van der Waals surface area contributed by atoms with Crippen molar-refractivity contribution in [3.63, 3.8) is 0 Å². The van der Waals surface area contributed by atoms with Crippen LogP contribution in [0.15, 0.2) is 47.5 Å². The molecule has 2 aromatic carbocycles. The van der Waals surface area contributed by atoms with Crippen molar-refractivity contribution >= 4 is 17.9 Å². The molecule has 3 rings (SSSR count). The Kier molecular flexibility index (Phi) is 5.65. The standard InChI is InChI=1S/C23H24O4/c1-15-7-8-16(13-21(15)26-2)11-18-5-4-6-19(23(18)25)12-17-9-10-20(24)22(14-17)27-3/h7-14,24H,4-6H2,1-3H3. The number of allylic oxidation sites excluding steroid dienone is 2. The highest BCUT2D eigenvalue weighted by atomic mass is 16.5. The van der Waals surface area contributed by atoms with Gasteiger partial charge in [-0.05, 0) is 73.2 Å². The highest BCUT2D eigenvalue weighted by Gasteiger charge is 2.20. The first-order chi connectivity index (χ1) is 13.0. The van der Waals surface area contributed by atoms with E-state index in [4.69, 9.17) is 9.47 Å². The van der Waals surface area contributed by atoms with E-state index in [1.165, 1.54) is 7.11 Å². The van der Waals surface area contributed by atoms with Crippen LogP contribution in [0.25, 0.3) is 12.2 Å². The van der Waals surface area contributed by atoms with Crippen LogP contribution in [0.4, 0.5) is 0 Å². The Hall–Kier alpha value is -3.01. The van der Waals surface area contributed by atoms with Gasteiger partial charge in [0.1, 0.15) is 5.75 Å². The number of rotatable bonds is 4. The van der Waals surface area contributed by atoms with Crippen LogP contribution in [-0.4, -0.2) is 25.1 Å². The van der Waals surface area contributed by atoms with Crippen molar-refractivity contribution in [3.05, 3.63) is 64.2 Å². The SMILES string of the molecule is COc1cc(C=C2CCCC(=Cc3ccc(O)c(OC)c3)C2=O)ccc1C. The number of Topliss-reactive ketones (excluding diaryl/α,β-unsaturated/α-hetero) is 1. The van der Waals surface area contributed by atoms with E-state index in [-0.39, 0.29) is 11.5 Å². The molecule has 4 nitrogen and oxygen atoms in total. The van der Waals surface area contributed by atoms with Crippen LogP contribution in [0.1, 0.15) is 36.0 Å². The minimum Gasteiger partial charge on any atom is -0.504 e. The van der Waals surface area contributed by atoms with E-state index in [9.17, 15) is 9.90 Å². The quantitative estimate of drug-likeness (QED) is 0.781. The molecule has 1 N–H and O–H groups in total. The maximum absolute atomic E-state index is 12.9. The number of ether oxygens (including phenoxy) is 2. The van der Waals surface area contributed by atoms with Gasteiger partial charge in [-0.15, -0.1) is 0 Å². The van der Waals surface area contributed by atoms with E-state index in [2.05, 4.69) is 0 Å². The summed E-state index contributed by atoms with van der Waals surface area (Å²) >= 11 is 0. The van der Waals surface area contributed by atoms with Crippen molar-refractivity contribution in [1.29, 1.82) is 0 Å². The average Bonchev–Trinajstić information content (AvgIpc) is 2.67. The first kappa shape index (κ1) is 18.8. The molecule has 0 atom stereocenters. The molecular formula is C23H24O4. The van der Waals surface area contributed by atoms with Crippen LogP contribution in [0.5, 0.6) is 17.2 Å². The predicted octanol–water partition coefficient (Wildman–Crippen LogP) is 4.94. The van der Waals surface area contributed by atoms with E-state index < -0.39 is 0 Å². The molecule has 4 heteroatoms. The second kappa shape index (κ2) is 8.12. The number of methoxy groups -OCH3 is 2. The number of aryl methyl sites for hydroxylation is 1. The Morgan fingerprint density at radius 2 is 1.44 bits per heavy atom. The fraction of sp³-hybridized carbons (Fsp3) is 0.261. The van der Waals surface area contributed by atoms with Gasteiger partial charge in [-0.3, -0.25) is 4.79 Å². The second-order valence-corrected chi connectivity index (χ2v) is 6.68. The van der Waals surface area contributed by atoms with Crippen LogP contribution in [-0.2, 0) is 4.79 Å². The summed E-state index contributed by atoms with van der Waals surface area (Å²) in [4.78, 5) is 12.9. The molecule has 0 heterocycles. The fourth-order valence-electron chi connectivity index (χ4n) is 3.29. The summed E-state index contributed by atoms with van der Waals surface area (Å²) in [7, 11) is 3.16. The van der Waals surface area contributed by atoms with E-state index in [0.29, 0.717) is 5.75 Å². The van der Waals surface area contributed by atoms with Crippen LogP contribution in [0, 0.1) is 6.92 Å². The molecule has 2 aromatic rings. The number of ketones is 1. The Morgan fingerprint density at radius 3 is 2.04 bits per heavy atom. The molecule has 0 radical (unpaired) electrons. The molecule has 0 bridgehead atoms. The number of aromatic hydroxyl groups is 1. The zero-order chi connectivity index (χ0) is 19.4. The highest BCUT2D eigenvalue weighted by molar-refractivity contribution is 6.14. The van der Waals surface area contributed by atoms with E-state index in [1.807, 2.05) is 37.3 Å². The lowest BCUT2D eigenvalue weighted by Crippen LogP contribution is -2.12. The maximum atomic E-state index is 12.9. The zero-order valence-corrected chi connectivity index (χ0v) is 15.9. The fourth-order valence-corrected chi connectivity index (χ4v) is 3.29. The van der Waals surface area contributed by atoms with Gasteiger partial charge in [0.2, 0.25) is 0 Å². The summed E-state index contributed by atoms with van der Waals surface area (Å²) in [6.45, 7) is 1.99. The van der Waals surface area contributed by atoms with Gasteiger partial charge in [0, 0.05) is 11.1 Å². The summed E-state index contributed by atoms with van der Waals surface area (Å²) in [6, 6.07) is 11.0. The van der Waals surface area contributed by atoms with Gasteiger partial charge in [0.15, 0.2) is 17.3 Å². The summed E-state index contributed by atoms with van der Waals surface area (Å²) in [6.07, 6.45) is 6.28. The molecule has 1 aliphatic carbocycles. The number of hydrogen-bond donors (Lipinski definition) is 1. The lowest BCUT2D eigenvalue weighted by molar-refractivity contribution is -0.112. The Balaban J connectivity index is 1.89. The molecule has 0 unspecified atom stereocenters. The largest absolute Gasteiger partial charge is 0.504 e. The zero-order valence-electron chi connectivity index (χ0n) is 15.9. The summed E-state index contributed by atoms with van der Waals surface area (Å²) in [5, 5.41) is 9.73. The van der Waals surface area contributed by atoms with E-state index in [1.54, 1.807) is 25.3 Å². The van der Waals surface area contributed by atoms with Gasteiger partial charge < -0.3 is 14.6 Å². The van der Waals surface area contributed by atoms with Crippen molar-refractivity contribution < 1.29 is 19.4 Å². The molecule has 0 amide bonds. The summed E-state index contributed by atoms with van der Waals surface area (Å²) < 4.78 is 10.5. The van der Waals surface area contributed by atoms with Gasteiger partial charge in [-0.1, -0.05) is 18.2 Å². The number of hydrogen-bond acceptors (Lipinski definition) is 4. The third-order valence-electron chi connectivity index (χ3n) is 4.79. The van der Waals surface area contributed by atoms with Crippen molar-refractivity contribution in [1.82, 2.24) is 0 Å². The number of benzene rings is 2. The van der Waals surface area contributed by atoms with Crippen LogP contribution in [0.2, 0.25) is 0 Å². The topological polar surface area (TPSA) is 55.8 Å². The third-order valence-corrected chi connectivity index (χ3v) is 4.79. The van der Waals surface area contributed by atoms with Gasteiger partial charge in [0.05, 0.1) is 14.2 Å². The van der Waals surface area contributed by atoms with Crippen LogP contribution in [0.3, 0.4) is 0 Å². The van der Waals surface area contributed by atoms with Crippen LogP contribution >= 0.6 is 0 Å². The van der Waals surface area contributed by atoms with Crippen molar-refractivity contribution in [2.45, 2.75) is 26.2 Å². The molecule has 1 saturated carbocycles. The molecule has 27 heavy (non-hydrogen) atoms. The first-order valence-corrected chi connectivity index (χ1v) is 8.99. The lowest BCUT2D eigenvalue weighted by atomic mass is 9.86. The minimum absolute atomic E-state index is 0.0767. The first-order valence-electron chi connectivity index (χ1n) is 8.99. The van der Waals surface area contributed by atoms with Crippen molar-refractivity contribution in [2.24, 2.45) is 0 Å². The molecule has 1 fully saturated rings. The Labute approximate surface area is 159 Å². The monoisotopic (exact) mass is 364 g/mol. The van der Waals surface area contributed by atoms with Gasteiger partial charge in [0.25, 0.3) is 0 Å². The average molecular weight is 364 g/mol. The maximum Gasteiger partial charge on any atom is 0.185 e.